The van der Waals surface area contributed by atoms with E-state index in [1.54, 1.807) is 36.4 Å². The van der Waals surface area contributed by atoms with E-state index >= 15 is 0 Å². The van der Waals surface area contributed by atoms with Gasteiger partial charge in [-0.15, -0.1) is 0 Å². The lowest BCUT2D eigenvalue weighted by Gasteiger charge is -2.21. The maximum Gasteiger partial charge on any atom is 0.261 e. The molecule has 0 aromatic heterocycles. The van der Waals surface area contributed by atoms with Gasteiger partial charge in [0.15, 0.2) is 23.1 Å². The molecule has 1 aliphatic carbocycles. The Bertz CT molecular complexity index is 1560. The fraction of sp³-hybridized carbons (Fsp3) is 0.267. The largest absolute Gasteiger partial charge is 0.494 e. The van der Waals surface area contributed by atoms with Crippen molar-refractivity contribution in [3.63, 3.8) is 0 Å². The van der Waals surface area contributed by atoms with E-state index in [0.717, 1.165) is 5.56 Å². The summed E-state index contributed by atoms with van der Waals surface area (Å²) in [5.41, 5.74) is 2.26. The number of allylic oxidation sites excluding steroid dienone is 2. The number of Topliss-reactive ketones (excluding diaryl/α,β-unsaturated/α-hetero) is 2. The smallest absolute Gasteiger partial charge is 0.261 e. The highest BCUT2D eigenvalue weighted by molar-refractivity contribution is 7.92. The Balaban J connectivity index is 1.30. The van der Waals surface area contributed by atoms with Crippen LogP contribution in [-0.2, 0) is 21.2 Å². The number of nitrogens with one attached hydrogen (secondary N) is 1. The lowest BCUT2D eigenvalue weighted by Crippen LogP contribution is -2.21. The van der Waals surface area contributed by atoms with Crippen molar-refractivity contribution in [3.05, 3.63) is 89.0 Å². The summed E-state index contributed by atoms with van der Waals surface area (Å²) < 4.78 is 45.3. The molecule has 0 saturated heterocycles. The van der Waals surface area contributed by atoms with Crippen LogP contribution in [0, 0.1) is 0 Å². The Kier molecular flexibility index (Phi) is 7.43. The normalized spacial score (nSPS) is 15.1. The van der Waals surface area contributed by atoms with E-state index in [2.05, 4.69) is 4.72 Å². The van der Waals surface area contributed by atoms with Crippen LogP contribution in [0.15, 0.2) is 77.2 Å². The molecule has 0 spiro atoms. The third-order valence-corrected chi connectivity index (χ3v) is 8.13. The molecule has 8 nitrogen and oxygen atoms in total. The van der Waals surface area contributed by atoms with Gasteiger partial charge in [0.2, 0.25) is 0 Å². The number of carbonyl (C=O) groups is 2. The fourth-order valence-electron chi connectivity index (χ4n) is 4.67. The minimum Gasteiger partial charge on any atom is -0.494 e. The Morgan fingerprint density at radius 3 is 2.49 bits per heavy atom. The number of ether oxygens (including phenoxy) is 3. The first-order chi connectivity index (χ1) is 18.7. The van der Waals surface area contributed by atoms with Gasteiger partial charge in [0.25, 0.3) is 10.0 Å². The van der Waals surface area contributed by atoms with Crippen molar-refractivity contribution in [2.75, 3.05) is 24.5 Å². The fourth-order valence-corrected chi connectivity index (χ4v) is 5.76. The number of hydrogen-bond acceptors (Lipinski definition) is 7. The zero-order valence-electron chi connectivity index (χ0n) is 21.7. The molecule has 0 fully saturated rings. The van der Waals surface area contributed by atoms with E-state index in [1.165, 1.54) is 12.1 Å². The Hall–Kier alpha value is -4.11. The van der Waals surface area contributed by atoms with E-state index in [9.17, 15) is 18.0 Å². The topological polar surface area (TPSA) is 108 Å². The van der Waals surface area contributed by atoms with Crippen LogP contribution in [0.25, 0.3) is 0 Å². The summed E-state index contributed by atoms with van der Waals surface area (Å²) in [6.45, 7) is 5.26. The van der Waals surface area contributed by atoms with Gasteiger partial charge >= 0.3 is 0 Å². The maximum absolute atomic E-state index is 13.3. The number of hydrogen-bond donors (Lipinski definition) is 1. The predicted molar refractivity (Wildman–Crippen MR) is 146 cm³/mol. The molecule has 3 aromatic carbocycles. The van der Waals surface area contributed by atoms with Crippen molar-refractivity contribution in [3.8, 4) is 17.2 Å². The average molecular weight is 548 g/mol. The highest BCUT2D eigenvalue weighted by atomic mass is 32.2. The summed E-state index contributed by atoms with van der Waals surface area (Å²) in [4.78, 5) is 26.5. The van der Waals surface area contributed by atoms with Crippen molar-refractivity contribution < 1.29 is 32.2 Å². The van der Waals surface area contributed by atoms with E-state index in [0.29, 0.717) is 54.7 Å². The molecular formula is C30H29NO7S. The second-order valence-corrected chi connectivity index (χ2v) is 11.1. The summed E-state index contributed by atoms with van der Waals surface area (Å²) >= 11 is 0. The molecule has 3 aromatic rings. The molecule has 0 saturated carbocycles. The summed E-state index contributed by atoms with van der Waals surface area (Å²) in [5, 5.41) is 0. The molecule has 39 heavy (non-hydrogen) atoms. The number of benzene rings is 3. The standard InChI is InChI=1S/C30H29NO7S/c1-3-36-23-9-7-22(8-10-23)31-39(34,35)24-11-4-20-5-12-25(30(33)26(20)18-24)27(32)16-19(2)21-6-13-28-29(17-21)38-15-14-37-28/h4,6-13,17-19,31H,3,5,14-16H2,1-2H3. The quantitative estimate of drug-likeness (QED) is 0.372. The molecule has 0 radical (unpaired) electrons. The molecule has 1 unspecified atom stereocenters. The Morgan fingerprint density at radius 1 is 1.00 bits per heavy atom. The van der Waals surface area contributed by atoms with Gasteiger partial charge in [-0.1, -0.05) is 25.1 Å². The molecule has 202 valence electrons. The molecule has 9 heteroatoms. The minimum absolute atomic E-state index is 0.0539. The number of carbonyl (C=O) groups excluding carboxylic acids is 2. The molecule has 2 aliphatic rings. The monoisotopic (exact) mass is 547 g/mol. The second-order valence-electron chi connectivity index (χ2n) is 9.46. The van der Waals surface area contributed by atoms with Crippen molar-refractivity contribution in [2.45, 2.75) is 37.5 Å². The molecule has 1 heterocycles. The van der Waals surface area contributed by atoms with Crippen LogP contribution >= 0.6 is 0 Å². The number of anilines is 1. The minimum atomic E-state index is -3.97. The highest BCUT2D eigenvalue weighted by Crippen LogP contribution is 2.35. The van der Waals surface area contributed by atoms with Crippen LogP contribution < -0.4 is 18.9 Å². The first-order valence-corrected chi connectivity index (χ1v) is 14.3. The zero-order chi connectivity index (χ0) is 27.6. The summed E-state index contributed by atoms with van der Waals surface area (Å²) in [6, 6.07) is 16.6. The molecule has 0 bridgehead atoms. The van der Waals surface area contributed by atoms with Crippen molar-refractivity contribution in [1.29, 1.82) is 0 Å². The van der Waals surface area contributed by atoms with Crippen LogP contribution in [0.2, 0.25) is 0 Å². The second kappa shape index (κ2) is 10.9. The van der Waals surface area contributed by atoms with Gasteiger partial charge < -0.3 is 14.2 Å². The van der Waals surface area contributed by atoms with Crippen LogP contribution in [-0.4, -0.2) is 39.8 Å². The van der Waals surface area contributed by atoms with Crippen molar-refractivity contribution in [1.82, 2.24) is 0 Å². The number of rotatable bonds is 9. The molecule has 5 rings (SSSR count). The molecule has 1 aliphatic heterocycles. The van der Waals surface area contributed by atoms with Gasteiger partial charge in [-0.05, 0) is 78.9 Å². The first kappa shape index (κ1) is 26.5. The highest BCUT2D eigenvalue weighted by Gasteiger charge is 2.29. The average Bonchev–Trinajstić information content (AvgIpc) is 2.93. The van der Waals surface area contributed by atoms with Gasteiger partial charge in [0.1, 0.15) is 19.0 Å². The lowest BCUT2D eigenvalue weighted by molar-refractivity contribution is -0.115. The first-order valence-electron chi connectivity index (χ1n) is 12.8. The third kappa shape index (κ3) is 5.68. The third-order valence-electron chi connectivity index (χ3n) is 6.75. The van der Waals surface area contributed by atoms with Gasteiger partial charge in [0.05, 0.1) is 17.1 Å². The zero-order valence-corrected chi connectivity index (χ0v) is 22.5. The number of ketones is 2. The van der Waals surface area contributed by atoms with Crippen molar-refractivity contribution >= 4 is 27.3 Å². The van der Waals surface area contributed by atoms with Gasteiger partial charge in [-0.25, -0.2) is 8.42 Å². The molecule has 1 N–H and O–H groups in total. The van der Waals surface area contributed by atoms with E-state index in [-0.39, 0.29) is 34.2 Å². The number of sulfonamides is 1. The van der Waals surface area contributed by atoms with E-state index < -0.39 is 15.8 Å². The maximum atomic E-state index is 13.3. The van der Waals surface area contributed by atoms with Crippen LogP contribution in [0.1, 0.15) is 47.7 Å². The van der Waals surface area contributed by atoms with Crippen LogP contribution in [0.5, 0.6) is 17.2 Å². The summed E-state index contributed by atoms with van der Waals surface area (Å²) in [7, 11) is -3.97. The van der Waals surface area contributed by atoms with Crippen molar-refractivity contribution in [2.24, 2.45) is 0 Å². The number of fused-ring (bicyclic) bond motifs is 2. The Labute approximate surface area is 227 Å². The molecule has 0 amide bonds. The van der Waals surface area contributed by atoms with Gasteiger partial charge in [-0.2, -0.15) is 0 Å². The lowest BCUT2D eigenvalue weighted by atomic mass is 9.85. The van der Waals surface area contributed by atoms with E-state index in [4.69, 9.17) is 14.2 Å². The Morgan fingerprint density at radius 2 is 1.74 bits per heavy atom. The molecule has 1 atom stereocenters. The molecular weight excluding hydrogens is 518 g/mol. The predicted octanol–water partition coefficient (Wildman–Crippen LogP) is 5.09. The van der Waals surface area contributed by atoms with Crippen LogP contribution in [0.3, 0.4) is 0 Å². The SMILES string of the molecule is CCOc1ccc(NS(=O)(=O)c2ccc3c(c2)C(=O)C(C(=O)CC(C)c2ccc4c(c2)OCCO4)=CC3)cc1. The van der Waals surface area contributed by atoms with Gasteiger partial charge in [-0.3, -0.25) is 14.3 Å². The van der Waals surface area contributed by atoms with Crippen LogP contribution in [0.4, 0.5) is 5.69 Å². The summed E-state index contributed by atoms with van der Waals surface area (Å²) in [5.74, 6) is 1.05. The van der Waals surface area contributed by atoms with Gasteiger partial charge in [0, 0.05) is 17.7 Å². The summed E-state index contributed by atoms with van der Waals surface area (Å²) in [6.07, 6.45) is 2.13. The van der Waals surface area contributed by atoms with E-state index in [1.807, 2.05) is 32.0 Å².